The molecule has 0 aromatic rings. The van der Waals surface area contributed by atoms with Gasteiger partial charge in [-0.05, 0) is 57.5 Å². The monoisotopic (exact) mass is 638 g/mol. The number of hydrogen-bond acceptors (Lipinski definition) is 5. The molecule has 2 atom stereocenters. The highest BCUT2D eigenvalue weighted by molar-refractivity contribution is 5.73. The summed E-state index contributed by atoms with van der Waals surface area (Å²) in [7, 11) is 2.09. The van der Waals surface area contributed by atoms with Gasteiger partial charge in [0.15, 0.2) is 0 Å². The fourth-order valence-electron chi connectivity index (χ4n) is 6.77. The molecule has 1 aliphatic heterocycles. The van der Waals surface area contributed by atoms with Crippen LogP contribution in [0, 0.1) is 17.8 Å². The lowest BCUT2D eigenvalue weighted by atomic mass is 9.92. The molecule has 2 unspecified atom stereocenters. The third-order valence-electron chi connectivity index (χ3n) is 9.87. The fraction of sp³-hybridized carbons (Fsp3) is 0.950. The number of esters is 2. The molecule has 0 aromatic heterocycles. The normalized spacial score (nSPS) is 15.7. The molecule has 5 nitrogen and oxygen atoms in total. The molecule has 0 bridgehead atoms. The summed E-state index contributed by atoms with van der Waals surface area (Å²) in [5, 5.41) is 0. The van der Waals surface area contributed by atoms with E-state index in [2.05, 4.69) is 32.7 Å². The Morgan fingerprint density at radius 1 is 0.622 bits per heavy atom. The van der Waals surface area contributed by atoms with Crippen LogP contribution in [0.1, 0.15) is 195 Å². The van der Waals surface area contributed by atoms with Crippen molar-refractivity contribution in [2.24, 2.45) is 17.8 Å². The van der Waals surface area contributed by atoms with Gasteiger partial charge in [-0.3, -0.25) is 9.59 Å². The van der Waals surface area contributed by atoms with E-state index in [4.69, 9.17) is 9.47 Å². The lowest BCUT2D eigenvalue weighted by Crippen LogP contribution is -2.24. The van der Waals surface area contributed by atoms with Crippen molar-refractivity contribution in [1.82, 2.24) is 4.90 Å². The molecule has 0 radical (unpaired) electrons. The lowest BCUT2D eigenvalue weighted by Gasteiger charge is -2.19. The maximum Gasteiger partial charge on any atom is 0.310 e. The molecule has 5 heteroatoms. The van der Waals surface area contributed by atoms with Crippen molar-refractivity contribution in [3.63, 3.8) is 0 Å². The van der Waals surface area contributed by atoms with Crippen LogP contribution in [0.3, 0.4) is 0 Å². The zero-order valence-corrected chi connectivity index (χ0v) is 30.0. The van der Waals surface area contributed by atoms with Crippen molar-refractivity contribution in [3.05, 3.63) is 0 Å². The average Bonchev–Trinajstić information content (AvgIpc) is 3.46. The van der Waals surface area contributed by atoms with Crippen LogP contribution in [0.5, 0.6) is 0 Å². The molecule has 0 spiro atoms. The summed E-state index contributed by atoms with van der Waals surface area (Å²) in [6.45, 7) is 9.86. The van der Waals surface area contributed by atoms with Gasteiger partial charge in [0.2, 0.25) is 0 Å². The Kier molecular flexibility index (Phi) is 30.7. The summed E-state index contributed by atoms with van der Waals surface area (Å²) in [4.78, 5) is 27.1. The largest absolute Gasteiger partial charge is 0.466 e. The number of rotatable bonds is 31. The second-order valence-electron chi connectivity index (χ2n) is 14.2. The molecule has 0 aromatic carbocycles. The van der Waals surface area contributed by atoms with Crippen molar-refractivity contribution in [3.8, 4) is 0 Å². The average molecular weight is 638 g/mol. The topological polar surface area (TPSA) is 55.8 Å². The first kappa shape index (κ1) is 43.9. The quantitative estimate of drug-likeness (QED) is 0.0559. The molecule has 1 saturated heterocycles. The van der Waals surface area contributed by atoms with Crippen LogP contribution in [0.4, 0.5) is 0 Å². The van der Waals surface area contributed by atoms with Gasteiger partial charge in [0.05, 0.1) is 19.1 Å². The van der Waals surface area contributed by atoms with E-state index in [1.165, 1.54) is 128 Å². The number of hydrogen-bond donors (Lipinski definition) is 0. The van der Waals surface area contributed by atoms with Crippen LogP contribution in [0.25, 0.3) is 0 Å². The van der Waals surface area contributed by atoms with E-state index < -0.39 is 0 Å². The summed E-state index contributed by atoms with van der Waals surface area (Å²) >= 11 is 0. The first-order valence-electron chi connectivity index (χ1n) is 19.5. The Balaban J connectivity index is 0.0000194. The summed E-state index contributed by atoms with van der Waals surface area (Å²) in [6.07, 6.45) is 31.5. The molecular formula is C40H79NO4. The molecule has 0 amide bonds. The summed E-state index contributed by atoms with van der Waals surface area (Å²) in [5.74, 6) is 1.31. The number of unbranched alkanes of at least 4 members (excludes halogenated alkanes) is 15. The van der Waals surface area contributed by atoms with Gasteiger partial charge in [0.1, 0.15) is 0 Å². The second kappa shape index (κ2) is 31.5. The van der Waals surface area contributed by atoms with Crippen molar-refractivity contribution < 1.29 is 19.1 Å². The molecule has 1 fully saturated rings. The lowest BCUT2D eigenvalue weighted by molar-refractivity contribution is -0.149. The van der Waals surface area contributed by atoms with E-state index in [-0.39, 0.29) is 25.3 Å². The Hall–Kier alpha value is -1.10. The molecule has 1 heterocycles. The Morgan fingerprint density at radius 2 is 1.09 bits per heavy atom. The van der Waals surface area contributed by atoms with E-state index in [0.29, 0.717) is 25.6 Å². The van der Waals surface area contributed by atoms with E-state index in [9.17, 15) is 9.59 Å². The first-order valence-corrected chi connectivity index (χ1v) is 19.5. The summed E-state index contributed by atoms with van der Waals surface area (Å²) in [5.41, 5.74) is 0. The molecule has 0 aliphatic carbocycles. The predicted octanol–water partition coefficient (Wildman–Crippen LogP) is 11.7. The smallest absolute Gasteiger partial charge is 0.310 e. The zero-order chi connectivity index (χ0) is 32.1. The number of carbonyl (C=O) groups excluding carboxylic acids is 2. The number of likely N-dealkylation sites (tertiary alicyclic amines) is 1. The second-order valence-corrected chi connectivity index (χ2v) is 14.2. The van der Waals surface area contributed by atoms with Crippen LogP contribution in [-0.2, 0) is 19.1 Å². The Morgan fingerprint density at radius 3 is 1.62 bits per heavy atom. The van der Waals surface area contributed by atoms with Gasteiger partial charge in [-0.15, -0.1) is 0 Å². The van der Waals surface area contributed by atoms with Gasteiger partial charge in [0, 0.05) is 13.0 Å². The zero-order valence-electron chi connectivity index (χ0n) is 30.0. The van der Waals surface area contributed by atoms with Crippen LogP contribution in [0.2, 0.25) is 0 Å². The van der Waals surface area contributed by atoms with Crippen LogP contribution in [0.15, 0.2) is 0 Å². The molecule has 268 valence electrons. The highest BCUT2D eigenvalue weighted by Crippen LogP contribution is 2.23. The van der Waals surface area contributed by atoms with Gasteiger partial charge < -0.3 is 14.4 Å². The van der Waals surface area contributed by atoms with Crippen molar-refractivity contribution in [2.75, 3.05) is 33.4 Å². The van der Waals surface area contributed by atoms with E-state index in [1.54, 1.807) is 0 Å². The summed E-state index contributed by atoms with van der Waals surface area (Å²) < 4.78 is 11.5. The minimum absolute atomic E-state index is 0. The van der Waals surface area contributed by atoms with Crippen molar-refractivity contribution >= 4 is 11.9 Å². The Labute approximate surface area is 281 Å². The van der Waals surface area contributed by atoms with Gasteiger partial charge in [-0.1, -0.05) is 157 Å². The third kappa shape index (κ3) is 25.6. The molecule has 45 heavy (non-hydrogen) atoms. The molecule has 1 rings (SSSR count). The van der Waals surface area contributed by atoms with Crippen LogP contribution in [-0.4, -0.2) is 50.2 Å². The van der Waals surface area contributed by atoms with Crippen LogP contribution >= 0.6 is 0 Å². The number of nitrogens with zero attached hydrogens (tertiary/aromatic N) is 1. The van der Waals surface area contributed by atoms with E-state index in [0.717, 1.165) is 51.1 Å². The van der Waals surface area contributed by atoms with E-state index in [1.807, 2.05) is 0 Å². The van der Waals surface area contributed by atoms with Crippen molar-refractivity contribution in [2.45, 2.75) is 195 Å². The molecule has 1 aliphatic rings. The van der Waals surface area contributed by atoms with Gasteiger partial charge >= 0.3 is 11.9 Å². The van der Waals surface area contributed by atoms with E-state index >= 15 is 0 Å². The standard InChI is InChI=1S/C39H75NO4.CH4/c1-5-8-11-12-13-16-21-26-36(34-44-39(42)37-29-31-40(4)33-37)27-22-17-14-15-18-23-28-38(41)43-32-30-35(24-19-9-6-2)25-20-10-7-3;/h35-37H,5-34H2,1-4H3;1H4. The fourth-order valence-corrected chi connectivity index (χ4v) is 6.77. The van der Waals surface area contributed by atoms with Gasteiger partial charge in [0.25, 0.3) is 0 Å². The molecule has 0 N–H and O–H groups in total. The number of carbonyl (C=O) groups is 2. The summed E-state index contributed by atoms with van der Waals surface area (Å²) in [6, 6.07) is 0. The van der Waals surface area contributed by atoms with Crippen molar-refractivity contribution in [1.29, 1.82) is 0 Å². The minimum atomic E-state index is -0.00197. The highest BCUT2D eigenvalue weighted by atomic mass is 16.5. The number of ether oxygens (including phenoxy) is 2. The molecular weight excluding hydrogens is 558 g/mol. The maximum absolute atomic E-state index is 12.6. The Bertz CT molecular complexity index is 659. The van der Waals surface area contributed by atoms with Crippen LogP contribution < -0.4 is 0 Å². The van der Waals surface area contributed by atoms with Gasteiger partial charge in [-0.2, -0.15) is 0 Å². The molecule has 0 saturated carbocycles. The SMILES string of the molecule is C.CCCCCCCCCC(CCCCCCCCC(=O)OCCC(CCCCC)CCCCC)COC(=O)C1CCN(C)C1. The minimum Gasteiger partial charge on any atom is -0.466 e. The first-order chi connectivity index (χ1) is 21.5. The van der Waals surface area contributed by atoms with Gasteiger partial charge in [-0.25, -0.2) is 0 Å². The predicted molar refractivity (Wildman–Crippen MR) is 194 cm³/mol. The highest BCUT2D eigenvalue weighted by Gasteiger charge is 2.28. The maximum atomic E-state index is 12.6. The third-order valence-corrected chi connectivity index (χ3v) is 9.87.